The van der Waals surface area contributed by atoms with Crippen LogP contribution in [0.4, 0.5) is 56.9 Å². The van der Waals surface area contributed by atoms with Crippen molar-refractivity contribution in [3.63, 3.8) is 0 Å². The molecule has 3 aromatic rings. The highest BCUT2D eigenvalue weighted by Gasteiger charge is 2.42. The van der Waals surface area contributed by atoms with Crippen LogP contribution in [0.1, 0.15) is 11.1 Å². The Morgan fingerprint density at radius 3 is 1.02 bits per heavy atom. The lowest BCUT2D eigenvalue weighted by Crippen LogP contribution is -2.38. The molecule has 0 bridgehead atoms. The number of nitrogens with zero attached hydrogens (tertiary/aromatic N) is 11. The Morgan fingerprint density at radius 1 is 0.431 bits per heavy atom. The molecule has 0 fully saturated rings. The van der Waals surface area contributed by atoms with Crippen LogP contribution in [0.2, 0.25) is 0 Å². The Kier molecular flexibility index (Phi) is 8.83. The number of rotatable bonds is 12. The van der Waals surface area contributed by atoms with Crippen LogP contribution in [0.15, 0.2) is 47.6 Å². The highest BCUT2D eigenvalue weighted by molar-refractivity contribution is 6.18. The van der Waals surface area contributed by atoms with Gasteiger partial charge in [-0.1, -0.05) is 0 Å². The molecule has 51 heavy (non-hydrogen) atoms. The van der Waals surface area contributed by atoms with E-state index in [9.17, 15) is 91.0 Å². The van der Waals surface area contributed by atoms with Gasteiger partial charge in [-0.15, -0.1) is 0 Å². The van der Waals surface area contributed by atoms with Gasteiger partial charge in [0.05, 0.1) is 86.4 Å². The van der Waals surface area contributed by atoms with Gasteiger partial charge in [-0.2, -0.15) is 10.2 Å². The van der Waals surface area contributed by atoms with Crippen molar-refractivity contribution in [3.05, 3.63) is 145 Å². The molecule has 1 aliphatic rings. The zero-order valence-corrected chi connectivity index (χ0v) is 23.8. The summed E-state index contributed by atoms with van der Waals surface area (Å²) >= 11 is 0. The van der Waals surface area contributed by atoms with Crippen LogP contribution in [0.25, 0.3) is 5.70 Å². The first-order valence-corrected chi connectivity index (χ1v) is 12.5. The van der Waals surface area contributed by atoms with Gasteiger partial charge in [0.1, 0.15) is 5.71 Å². The Hall–Kier alpha value is -8.73. The van der Waals surface area contributed by atoms with E-state index in [1.165, 1.54) is 0 Å². The number of nitro benzene ring substituents is 9. The standard InChI is InChI=1S/C21H8N12O18/c34-25(35)8-1-13(28(40)41)19(14(2-8)29(42)43)11-7-12(20-15(30(44)45)3-9(26(36)37)4-16(20)31(46)47)23-24(22-11)21-17(32(48)49)5-10(27(38)39)6-18(21)33(50)51/h1-7,22H. The summed E-state index contributed by atoms with van der Waals surface area (Å²) in [7, 11) is 0. The summed E-state index contributed by atoms with van der Waals surface area (Å²) in [5, 5.41) is 110. The maximum atomic E-state index is 12.1. The van der Waals surface area contributed by atoms with Crippen molar-refractivity contribution in [2.45, 2.75) is 0 Å². The normalized spacial score (nSPS) is 12.1. The van der Waals surface area contributed by atoms with Crippen LogP contribution in [-0.4, -0.2) is 50.0 Å². The summed E-state index contributed by atoms with van der Waals surface area (Å²) in [6.45, 7) is 0. The third-order valence-electron chi connectivity index (χ3n) is 6.48. The van der Waals surface area contributed by atoms with Crippen molar-refractivity contribution in [2.75, 3.05) is 5.12 Å². The van der Waals surface area contributed by atoms with E-state index >= 15 is 0 Å². The Bertz CT molecular complexity index is 2160. The molecule has 0 unspecified atom stereocenters. The molecule has 0 saturated heterocycles. The number of hydrogen-bond donors (Lipinski definition) is 1. The summed E-state index contributed by atoms with van der Waals surface area (Å²) in [6.07, 6.45) is 0.377. The number of allylic oxidation sites excluding steroid dienone is 1. The van der Waals surface area contributed by atoms with Crippen molar-refractivity contribution in [1.29, 1.82) is 0 Å². The average molecular weight is 716 g/mol. The molecule has 0 saturated carbocycles. The first-order chi connectivity index (χ1) is 23.7. The molecule has 0 radical (unpaired) electrons. The molecular formula is C21H8N12O18. The van der Waals surface area contributed by atoms with Crippen LogP contribution < -0.4 is 10.5 Å². The van der Waals surface area contributed by atoms with Gasteiger partial charge >= 0.3 is 11.4 Å². The number of hydrogen-bond acceptors (Lipinski definition) is 21. The highest BCUT2D eigenvalue weighted by atomic mass is 16.7. The molecular weight excluding hydrogens is 708 g/mol. The number of non-ortho nitro benzene ring substituents is 3. The maximum absolute atomic E-state index is 12.1. The predicted molar refractivity (Wildman–Crippen MR) is 159 cm³/mol. The summed E-state index contributed by atoms with van der Waals surface area (Å²) in [6, 6.07) is 1.05. The van der Waals surface area contributed by atoms with Crippen molar-refractivity contribution in [2.24, 2.45) is 5.10 Å². The van der Waals surface area contributed by atoms with Gasteiger partial charge in [-0.3, -0.25) is 96.5 Å². The van der Waals surface area contributed by atoms with Crippen molar-refractivity contribution in [1.82, 2.24) is 5.43 Å². The van der Waals surface area contributed by atoms with Gasteiger partial charge in [-0.25, -0.2) is 0 Å². The molecule has 0 aromatic heterocycles. The molecule has 30 nitrogen and oxygen atoms in total. The summed E-state index contributed by atoms with van der Waals surface area (Å²) < 4.78 is 0. The molecule has 0 spiro atoms. The van der Waals surface area contributed by atoms with E-state index in [0.29, 0.717) is 6.08 Å². The van der Waals surface area contributed by atoms with E-state index < -0.39 is 124 Å². The van der Waals surface area contributed by atoms with Crippen LogP contribution >= 0.6 is 0 Å². The molecule has 30 heteroatoms. The van der Waals surface area contributed by atoms with Crippen molar-refractivity contribution in [3.8, 4) is 0 Å². The van der Waals surface area contributed by atoms with Crippen LogP contribution in [0.3, 0.4) is 0 Å². The highest BCUT2D eigenvalue weighted by Crippen LogP contribution is 2.45. The third kappa shape index (κ3) is 6.46. The minimum atomic E-state index is -1.53. The van der Waals surface area contributed by atoms with Crippen molar-refractivity contribution < 1.29 is 44.3 Å². The molecule has 1 heterocycles. The van der Waals surface area contributed by atoms with Gasteiger partial charge in [0.25, 0.3) is 39.8 Å². The minimum Gasteiger partial charge on any atom is -0.276 e. The minimum absolute atomic E-state index is 0.0889. The number of anilines is 1. The summed E-state index contributed by atoms with van der Waals surface area (Å²) in [5.41, 5.74) is -17.1. The number of nitro groups is 9. The zero-order chi connectivity index (χ0) is 38.2. The van der Waals surface area contributed by atoms with E-state index in [1.807, 2.05) is 5.43 Å². The number of benzene rings is 3. The molecule has 4 rings (SSSR count). The van der Waals surface area contributed by atoms with Crippen molar-refractivity contribution >= 4 is 68.3 Å². The van der Waals surface area contributed by atoms with Crippen LogP contribution in [0, 0.1) is 91.0 Å². The number of hydrazone groups is 1. The average Bonchev–Trinajstić information content (AvgIpc) is 3.05. The van der Waals surface area contributed by atoms with Crippen LogP contribution in [-0.2, 0) is 0 Å². The second-order valence-electron chi connectivity index (χ2n) is 9.33. The molecule has 1 aliphatic heterocycles. The summed E-state index contributed by atoms with van der Waals surface area (Å²) in [5.74, 6) is 0. The predicted octanol–water partition coefficient (Wildman–Crippen LogP) is 3.63. The van der Waals surface area contributed by atoms with E-state index in [0.717, 1.165) is 0 Å². The van der Waals surface area contributed by atoms with E-state index in [-0.39, 0.29) is 41.5 Å². The lowest BCUT2D eigenvalue weighted by atomic mass is 9.99. The lowest BCUT2D eigenvalue weighted by Gasteiger charge is -2.26. The molecule has 0 atom stereocenters. The Balaban J connectivity index is 2.27. The van der Waals surface area contributed by atoms with Gasteiger partial charge < -0.3 is 0 Å². The van der Waals surface area contributed by atoms with Gasteiger partial charge in [0.15, 0.2) is 11.1 Å². The maximum Gasteiger partial charge on any atom is 0.310 e. The molecule has 0 aliphatic carbocycles. The first kappa shape index (κ1) is 35.1. The van der Waals surface area contributed by atoms with E-state index in [4.69, 9.17) is 0 Å². The number of nitrogens with one attached hydrogen (secondary N) is 1. The smallest absolute Gasteiger partial charge is 0.276 e. The fraction of sp³-hybridized carbons (Fsp3) is 0. The third-order valence-corrected chi connectivity index (χ3v) is 6.48. The Labute approximate surface area is 273 Å². The Morgan fingerprint density at radius 2 is 0.725 bits per heavy atom. The molecule has 0 amide bonds. The molecule has 260 valence electrons. The van der Waals surface area contributed by atoms with Gasteiger partial charge in [0, 0.05) is 0 Å². The molecule has 3 aromatic carbocycles. The monoisotopic (exact) mass is 716 g/mol. The van der Waals surface area contributed by atoms with Crippen LogP contribution in [0.5, 0.6) is 0 Å². The zero-order valence-electron chi connectivity index (χ0n) is 23.8. The summed E-state index contributed by atoms with van der Waals surface area (Å²) in [4.78, 5) is 94.3. The number of hydrazine groups is 1. The topological polar surface area (TPSA) is 416 Å². The van der Waals surface area contributed by atoms with E-state index in [2.05, 4.69) is 5.10 Å². The quantitative estimate of drug-likeness (QED) is 0.206. The second-order valence-corrected chi connectivity index (χ2v) is 9.33. The van der Waals surface area contributed by atoms with Gasteiger partial charge in [0.2, 0.25) is 5.69 Å². The lowest BCUT2D eigenvalue weighted by molar-refractivity contribution is -0.403. The first-order valence-electron chi connectivity index (χ1n) is 12.5. The fourth-order valence-corrected chi connectivity index (χ4v) is 4.51. The largest absolute Gasteiger partial charge is 0.310 e. The SMILES string of the molecule is O=[N+]([O-])c1cc([N+](=O)[O-])c(C2=CC(c3c([N+](=O)[O-])cc([N+](=O)[O-])cc3[N+](=O)[O-])=NN(c3c([N+](=O)[O-])cc([N+](=O)[O-])cc3[N+](=O)[O-])N2)c([N+](=O)[O-])c1. The van der Waals surface area contributed by atoms with E-state index in [1.54, 1.807) is 0 Å². The van der Waals surface area contributed by atoms with Gasteiger partial charge in [-0.05, 0) is 6.08 Å². The second kappa shape index (κ2) is 12.8. The fourth-order valence-electron chi connectivity index (χ4n) is 4.51. The molecule has 1 N–H and O–H groups in total.